The second-order valence-corrected chi connectivity index (χ2v) is 5.43. The van der Waals surface area contributed by atoms with Crippen molar-refractivity contribution in [1.82, 2.24) is 4.98 Å². The van der Waals surface area contributed by atoms with Crippen LogP contribution >= 0.6 is 10.7 Å². The smallest absolute Gasteiger partial charge is 0.281 e. The van der Waals surface area contributed by atoms with Gasteiger partial charge in [0.25, 0.3) is 15.5 Å². The summed E-state index contributed by atoms with van der Waals surface area (Å²) in [5.41, 5.74) is -0.699. The minimum Gasteiger partial charge on any atom is -0.495 e. The summed E-state index contributed by atoms with van der Waals surface area (Å²) in [6.45, 7) is 1.43. The van der Waals surface area contributed by atoms with Gasteiger partial charge in [0.1, 0.15) is 16.3 Å². The highest BCUT2D eigenvalue weighted by atomic mass is 35.7. The fourth-order valence-electron chi connectivity index (χ4n) is 1.15. The Morgan fingerprint density at radius 1 is 1.50 bits per heavy atom. The van der Waals surface area contributed by atoms with Gasteiger partial charge in [-0.3, -0.25) is 0 Å². The van der Waals surface area contributed by atoms with Crippen molar-refractivity contribution in [1.29, 1.82) is 0 Å². The van der Waals surface area contributed by atoms with Gasteiger partial charge >= 0.3 is 0 Å². The molecule has 1 aromatic rings. The van der Waals surface area contributed by atoms with Gasteiger partial charge in [-0.25, -0.2) is 22.2 Å². The molecule has 8 heteroatoms. The third kappa shape index (κ3) is 2.59. The highest BCUT2D eigenvalue weighted by molar-refractivity contribution is 8.13. The van der Waals surface area contributed by atoms with E-state index in [-0.39, 0.29) is 11.4 Å². The van der Waals surface area contributed by atoms with E-state index < -0.39 is 26.1 Å². The van der Waals surface area contributed by atoms with Gasteiger partial charge in [0.2, 0.25) is 0 Å². The van der Waals surface area contributed by atoms with Crippen LogP contribution in [0.2, 0.25) is 0 Å². The van der Waals surface area contributed by atoms with E-state index in [1.165, 1.54) is 14.0 Å². The molecular formula is C8H8ClF2NO3S. The van der Waals surface area contributed by atoms with E-state index in [2.05, 4.69) is 4.98 Å². The summed E-state index contributed by atoms with van der Waals surface area (Å²) < 4.78 is 52.0. The van der Waals surface area contributed by atoms with E-state index in [1.54, 1.807) is 0 Å². The molecule has 0 aliphatic heterocycles. The average molecular weight is 272 g/mol. The van der Waals surface area contributed by atoms with Crippen LogP contribution in [-0.4, -0.2) is 20.5 Å². The minimum atomic E-state index is -4.28. The topological polar surface area (TPSA) is 56.3 Å². The number of aryl methyl sites for hydroxylation is 1. The molecule has 0 saturated heterocycles. The molecule has 0 aliphatic rings. The molecule has 1 heterocycles. The zero-order chi connectivity index (χ0) is 12.5. The number of hydrogen-bond acceptors (Lipinski definition) is 4. The first-order valence-electron chi connectivity index (χ1n) is 4.05. The Morgan fingerprint density at radius 3 is 2.44 bits per heavy atom. The number of ether oxygens (including phenoxy) is 1. The maximum absolute atomic E-state index is 12.5. The molecule has 0 spiro atoms. The number of nitrogens with zero attached hydrogens (tertiary/aromatic N) is 1. The first-order valence-corrected chi connectivity index (χ1v) is 6.36. The first-order chi connectivity index (χ1) is 7.27. The van der Waals surface area contributed by atoms with E-state index in [0.29, 0.717) is 0 Å². The second kappa shape index (κ2) is 4.50. The van der Waals surface area contributed by atoms with Crippen LogP contribution in [-0.2, 0) is 9.05 Å². The average Bonchev–Trinajstić information content (AvgIpc) is 2.15. The summed E-state index contributed by atoms with van der Waals surface area (Å²) >= 11 is 0. The summed E-state index contributed by atoms with van der Waals surface area (Å²) in [7, 11) is 2.03. The number of aromatic nitrogens is 1. The molecule has 0 saturated carbocycles. The number of hydrogen-bond donors (Lipinski definition) is 0. The van der Waals surface area contributed by atoms with Crippen LogP contribution in [0.15, 0.2) is 11.0 Å². The Balaban J connectivity index is 3.56. The number of methoxy groups -OCH3 is 1. The van der Waals surface area contributed by atoms with E-state index in [9.17, 15) is 17.2 Å². The molecule has 0 atom stereocenters. The van der Waals surface area contributed by atoms with E-state index >= 15 is 0 Å². The highest BCUT2D eigenvalue weighted by Crippen LogP contribution is 2.31. The van der Waals surface area contributed by atoms with Gasteiger partial charge in [-0.1, -0.05) is 0 Å². The monoisotopic (exact) mass is 271 g/mol. The zero-order valence-corrected chi connectivity index (χ0v) is 9.94. The van der Waals surface area contributed by atoms with Crippen LogP contribution in [0.25, 0.3) is 0 Å². The largest absolute Gasteiger partial charge is 0.495 e. The molecule has 0 fully saturated rings. The van der Waals surface area contributed by atoms with Crippen LogP contribution in [0.5, 0.6) is 5.75 Å². The molecule has 1 aromatic heterocycles. The Hall–Kier alpha value is -0.950. The van der Waals surface area contributed by atoms with E-state index in [4.69, 9.17) is 15.4 Å². The first kappa shape index (κ1) is 13.1. The van der Waals surface area contributed by atoms with Crippen LogP contribution < -0.4 is 4.74 Å². The fraction of sp³-hybridized carbons (Fsp3) is 0.375. The van der Waals surface area contributed by atoms with Gasteiger partial charge in [0, 0.05) is 16.7 Å². The van der Waals surface area contributed by atoms with Crippen molar-refractivity contribution < 1.29 is 21.9 Å². The third-order valence-corrected chi connectivity index (χ3v) is 3.20. The van der Waals surface area contributed by atoms with E-state index in [0.717, 1.165) is 6.07 Å². The molecule has 0 amide bonds. The van der Waals surface area contributed by atoms with E-state index in [1.807, 2.05) is 0 Å². The molecule has 0 radical (unpaired) electrons. The number of halogens is 3. The molecule has 90 valence electrons. The molecular weight excluding hydrogens is 264 g/mol. The van der Waals surface area contributed by atoms with Crippen LogP contribution in [0.3, 0.4) is 0 Å². The molecule has 0 bridgehead atoms. The van der Waals surface area contributed by atoms with Crippen LogP contribution in [0.4, 0.5) is 8.78 Å². The van der Waals surface area contributed by atoms with Crippen molar-refractivity contribution in [3.05, 3.63) is 17.5 Å². The standard InChI is InChI=1S/C8H8ClF2NO3S/c1-4-5(15-2)3-6(16(9,13)14)7(12-4)8(10)11/h3,8H,1-2H3. The maximum atomic E-state index is 12.5. The van der Waals surface area contributed by atoms with Gasteiger partial charge < -0.3 is 4.74 Å². The summed E-state index contributed by atoms with van der Waals surface area (Å²) in [6.07, 6.45) is -3.02. The number of alkyl halides is 2. The summed E-state index contributed by atoms with van der Waals surface area (Å²) in [4.78, 5) is 2.74. The molecule has 0 aliphatic carbocycles. The molecule has 16 heavy (non-hydrogen) atoms. The van der Waals surface area contributed by atoms with Crippen molar-refractivity contribution in [2.75, 3.05) is 7.11 Å². The van der Waals surface area contributed by atoms with Crippen molar-refractivity contribution in [2.24, 2.45) is 0 Å². The number of pyridine rings is 1. The summed E-state index contributed by atoms with van der Waals surface area (Å²) in [5, 5.41) is 0. The molecule has 1 rings (SSSR count). The van der Waals surface area contributed by atoms with Crippen LogP contribution in [0, 0.1) is 6.92 Å². The Bertz CT molecular complexity index is 504. The molecule has 0 N–H and O–H groups in total. The van der Waals surface area contributed by atoms with Gasteiger partial charge in [0.05, 0.1) is 12.8 Å². The lowest BCUT2D eigenvalue weighted by molar-refractivity contribution is 0.142. The van der Waals surface area contributed by atoms with Crippen molar-refractivity contribution >= 4 is 19.7 Å². The van der Waals surface area contributed by atoms with Gasteiger partial charge in [-0.05, 0) is 6.92 Å². The Kier molecular flexibility index (Phi) is 3.69. The fourth-order valence-corrected chi connectivity index (χ4v) is 2.15. The van der Waals surface area contributed by atoms with Crippen molar-refractivity contribution in [2.45, 2.75) is 18.2 Å². The maximum Gasteiger partial charge on any atom is 0.281 e. The van der Waals surface area contributed by atoms with Gasteiger partial charge in [-0.15, -0.1) is 0 Å². The predicted molar refractivity (Wildman–Crippen MR) is 53.5 cm³/mol. The van der Waals surface area contributed by atoms with Gasteiger partial charge in [-0.2, -0.15) is 0 Å². The third-order valence-electron chi connectivity index (χ3n) is 1.85. The highest BCUT2D eigenvalue weighted by Gasteiger charge is 2.25. The Labute approximate surface area is 95.6 Å². The summed E-state index contributed by atoms with van der Waals surface area (Å²) in [5.74, 6) is 0.0867. The Morgan fingerprint density at radius 2 is 2.06 bits per heavy atom. The van der Waals surface area contributed by atoms with Crippen LogP contribution in [0.1, 0.15) is 17.8 Å². The molecule has 0 unspecified atom stereocenters. The summed E-state index contributed by atoms with van der Waals surface area (Å²) in [6, 6.07) is 0.937. The van der Waals surface area contributed by atoms with Crippen molar-refractivity contribution in [3.63, 3.8) is 0 Å². The minimum absolute atomic E-state index is 0.0867. The quantitative estimate of drug-likeness (QED) is 0.792. The normalized spacial score (nSPS) is 11.9. The molecule has 0 aromatic carbocycles. The van der Waals surface area contributed by atoms with Crippen molar-refractivity contribution in [3.8, 4) is 5.75 Å². The zero-order valence-electron chi connectivity index (χ0n) is 8.37. The lowest BCUT2D eigenvalue weighted by Gasteiger charge is -2.10. The SMILES string of the molecule is COc1cc(S(=O)(=O)Cl)c(C(F)F)nc1C. The molecule has 4 nitrogen and oxygen atoms in total. The lowest BCUT2D eigenvalue weighted by Crippen LogP contribution is -2.05. The number of rotatable bonds is 3. The lowest BCUT2D eigenvalue weighted by atomic mass is 10.3. The van der Waals surface area contributed by atoms with Gasteiger partial charge in [0.15, 0.2) is 0 Å². The predicted octanol–water partition coefficient (Wildman–Crippen LogP) is 2.26. The second-order valence-electron chi connectivity index (χ2n) is 2.90.